The molecule has 0 spiro atoms. The monoisotopic (exact) mass is 255 g/mol. The van der Waals surface area contributed by atoms with E-state index in [4.69, 9.17) is 4.74 Å². The zero-order chi connectivity index (χ0) is 12.8. The molecular formula is C13H21NO2S. The van der Waals surface area contributed by atoms with E-state index in [0.29, 0.717) is 13.2 Å². The van der Waals surface area contributed by atoms with Crippen molar-refractivity contribution in [2.24, 2.45) is 0 Å². The van der Waals surface area contributed by atoms with Crippen LogP contribution >= 0.6 is 11.3 Å². The van der Waals surface area contributed by atoms with E-state index in [1.807, 2.05) is 44.9 Å². The molecule has 17 heavy (non-hydrogen) atoms. The highest BCUT2D eigenvalue weighted by atomic mass is 32.1. The third-order valence-electron chi connectivity index (χ3n) is 2.35. The minimum absolute atomic E-state index is 0.190. The van der Waals surface area contributed by atoms with Crippen LogP contribution in [0, 0.1) is 6.92 Å². The Morgan fingerprint density at radius 1 is 1.47 bits per heavy atom. The van der Waals surface area contributed by atoms with Gasteiger partial charge in [0.05, 0.1) is 24.1 Å². The highest BCUT2D eigenvalue weighted by Gasteiger charge is 2.11. The molecule has 0 saturated carbocycles. The van der Waals surface area contributed by atoms with Crippen LogP contribution in [0.15, 0.2) is 12.1 Å². The number of aryl methyl sites for hydroxylation is 1. The van der Waals surface area contributed by atoms with Crippen LogP contribution in [0.2, 0.25) is 0 Å². The molecule has 0 saturated heterocycles. The summed E-state index contributed by atoms with van der Waals surface area (Å²) in [6, 6.07) is 3.89. The smallest absolute Gasteiger partial charge is 0.186 e. The molecule has 0 radical (unpaired) electrons. The van der Waals surface area contributed by atoms with Crippen molar-refractivity contribution in [3.8, 4) is 0 Å². The zero-order valence-electron chi connectivity index (χ0n) is 11.0. The average molecular weight is 255 g/mol. The largest absolute Gasteiger partial charge is 0.377 e. The van der Waals surface area contributed by atoms with Crippen molar-refractivity contribution >= 4 is 17.1 Å². The van der Waals surface area contributed by atoms with Crippen LogP contribution in [0.1, 0.15) is 28.4 Å². The fourth-order valence-electron chi connectivity index (χ4n) is 1.43. The molecule has 0 aliphatic carbocycles. The molecule has 0 N–H and O–H groups in total. The Bertz CT molecular complexity index is 360. The molecule has 0 aliphatic heterocycles. The Labute approximate surface area is 107 Å². The predicted molar refractivity (Wildman–Crippen MR) is 72.0 cm³/mol. The van der Waals surface area contributed by atoms with Gasteiger partial charge in [-0.2, -0.15) is 0 Å². The van der Waals surface area contributed by atoms with Gasteiger partial charge in [0.2, 0.25) is 0 Å². The molecular weight excluding hydrogens is 234 g/mol. The lowest BCUT2D eigenvalue weighted by Gasteiger charge is -2.16. The van der Waals surface area contributed by atoms with E-state index in [1.54, 1.807) is 11.3 Å². The number of carbonyl (C=O) groups is 1. The van der Waals surface area contributed by atoms with Gasteiger partial charge in [0, 0.05) is 11.4 Å². The first-order chi connectivity index (χ1) is 7.99. The van der Waals surface area contributed by atoms with Gasteiger partial charge in [-0.05, 0) is 40.0 Å². The second kappa shape index (κ2) is 6.89. The molecule has 3 nitrogen and oxygen atoms in total. The number of thiophene rings is 1. The first-order valence-electron chi connectivity index (χ1n) is 5.89. The fraction of sp³-hybridized carbons (Fsp3) is 0.615. The van der Waals surface area contributed by atoms with Crippen LogP contribution < -0.4 is 0 Å². The third kappa shape index (κ3) is 5.44. The first-order valence-corrected chi connectivity index (χ1v) is 6.70. The van der Waals surface area contributed by atoms with E-state index >= 15 is 0 Å². The van der Waals surface area contributed by atoms with Crippen molar-refractivity contribution in [1.29, 1.82) is 0 Å². The number of ketones is 1. The summed E-state index contributed by atoms with van der Waals surface area (Å²) in [4.78, 5) is 15.9. The molecule has 1 aromatic rings. The minimum Gasteiger partial charge on any atom is -0.377 e. The van der Waals surface area contributed by atoms with E-state index < -0.39 is 0 Å². The molecule has 0 fully saturated rings. The summed E-state index contributed by atoms with van der Waals surface area (Å²) in [5.74, 6) is 0.190. The first kappa shape index (κ1) is 14.4. The maximum Gasteiger partial charge on any atom is 0.186 e. The highest BCUT2D eigenvalue weighted by molar-refractivity contribution is 7.14. The van der Waals surface area contributed by atoms with Crippen LogP contribution in [0.3, 0.4) is 0 Å². The van der Waals surface area contributed by atoms with Crippen LogP contribution in [0.25, 0.3) is 0 Å². The number of hydrogen-bond acceptors (Lipinski definition) is 4. The molecule has 1 heterocycles. The molecule has 0 bridgehead atoms. The van der Waals surface area contributed by atoms with E-state index in [-0.39, 0.29) is 11.9 Å². The maximum absolute atomic E-state index is 11.9. The normalized spacial score (nSPS) is 11.4. The van der Waals surface area contributed by atoms with Gasteiger partial charge in [0.1, 0.15) is 0 Å². The molecule has 0 unspecified atom stereocenters. The Morgan fingerprint density at radius 3 is 2.71 bits per heavy atom. The number of likely N-dealkylation sites (N-methyl/N-ethyl adjacent to an activating group) is 1. The number of nitrogens with zero attached hydrogens (tertiary/aromatic N) is 1. The summed E-state index contributed by atoms with van der Waals surface area (Å²) in [6.45, 7) is 7.96. The lowest BCUT2D eigenvalue weighted by molar-refractivity contribution is 0.0620. The van der Waals surface area contributed by atoms with Crippen molar-refractivity contribution < 1.29 is 9.53 Å². The number of ether oxygens (including phenoxy) is 1. The van der Waals surface area contributed by atoms with Gasteiger partial charge in [-0.25, -0.2) is 0 Å². The summed E-state index contributed by atoms with van der Waals surface area (Å²) in [6.07, 6.45) is 0.249. The molecule has 0 aromatic carbocycles. The maximum atomic E-state index is 11.9. The van der Waals surface area contributed by atoms with Crippen LogP contribution in [0.5, 0.6) is 0 Å². The van der Waals surface area contributed by atoms with E-state index in [2.05, 4.69) is 0 Å². The summed E-state index contributed by atoms with van der Waals surface area (Å²) in [5.41, 5.74) is 0. The SMILES string of the molecule is Cc1ccc(C(=O)CN(C)CCOC(C)C)s1. The van der Waals surface area contributed by atoms with Crippen molar-refractivity contribution in [3.63, 3.8) is 0 Å². The Kier molecular flexibility index (Phi) is 5.82. The fourth-order valence-corrected chi connectivity index (χ4v) is 2.23. The third-order valence-corrected chi connectivity index (χ3v) is 3.39. The molecule has 1 rings (SSSR count). The number of rotatable bonds is 7. The zero-order valence-corrected chi connectivity index (χ0v) is 11.8. The topological polar surface area (TPSA) is 29.5 Å². The molecule has 4 heteroatoms. The van der Waals surface area contributed by atoms with Crippen molar-refractivity contribution in [3.05, 3.63) is 21.9 Å². The van der Waals surface area contributed by atoms with Gasteiger partial charge < -0.3 is 4.74 Å². The molecule has 0 atom stereocenters. The Morgan fingerprint density at radius 2 is 2.18 bits per heavy atom. The minimum atomic E-state index is 0.190. The second-order valence-electron chi connectivity index (χ2n) is 4.49. The van der Waals surface area contributed by atoms with Gasteiger partial charge in [-0.3, -0.25) is 9.69 Å². The number of carbonyl (C=O) groups excluding carboxylic acids is 1. The van der Waals surface area contributed by atoms with E-state index in [0.717, 1.165) is 11.4 Å². The Hall–Kier alpha value is -0.710. The molecule has 0 amide bonds. The summed E-state index contributed by atoms with van der Waals surface area (Å²) < 4.78 is 5.45. The van der Waals surface area contributed by atoms with E-state index in [1.165, 1.54) is 4.88 Å². The second-order valence-corrected chi connectivity index (χ2v) is 5.78. The quantitative estimate of drug-likeness (QED) is 0.701. The van der Waals surface area contributed by atoms with Crippen LogP contribution in [0.4, 0.5) is 0 Å². The van der Waals surface area contributed by atoms with Gasteiger partial charge in [0.25, 0.3) is 0 Å². The predicted octanol–water partition coefficient (Wildman–Crippen LogP) is 2.60. The van der Waals surface area contributed by atoms with Crippen LogP contribution in [-0.4, -0.2) is 43.5 Å². The molecule has 0 aliphatic rings. The lowest BCUT2D eigenvalue weighted by Crippen LogP contribution is -2.29. The highest BCUT2D eigenvalue weighted by Crippen LogP contribution is 2.15. The van der Waals surface area contributed by atoms with Crippen molar-refractivity contribution in [2.45, 2.75) is 26.9 Å². The van der Waals surface area contributed by atoms with E-state index in [9.17, 15) is 4.79 Å². The summed E-state index contributed by atoms with van der Waals surface area (Å²) in [5, 5.41) is 0. The summed E-state index contributed by atoms with van der Waals surface area (Å²) in [7, 11) is 1.95. The average Bonchev–Trinajstić information content (AvgIpc) is 2.64. The standard InChI is InChI=1S/C13H21NO2S/c1-10(2)16-8-7-14(4)9-12(15)13-6-5-11(3)17-13/h5-6,10H,7-9H2,1-4H3. The summed E-state index contributed by atoms with van der Waals surface area (Å²) >= 11 is 1.56. The number of hydrogen-bond donors (Lipinski definition) is 0. The van der Waals surface area contributed by atoms with Gasteiger partial charge in [0.15, 0.2) is 5.78 Å². The Balaban J connectivity index is 2.31. The molecule has 1 aromatic heterocycles. The number of Topliss-reactive ketones (excluding diaryl/α,β-unsaturated/α-hetero) is 1. The van der Waals surface area contributed by atoms with Gasteiger partial charge in [-0.1, -0.05) is 0 Å². The molecule has 96 valence electrons. The van der Waals surface area contributed by atoms with Crippen molar-refractivity contribution in [1.82, 2.24) is 4.90 Å². The van der Waals surface area contributed by atoms with Gasteiger partial charge >= 0.3 is 0 Å². The van der Waals surface area contributed by atoms with Crippen LogP contribution in [-0.2, 0) is 4.74 Å². The van der Waals surface area contributed by atoms with Gasteiger partial charge in [-0.15, -0.1) is 11.3 Å². The van der Waals surface area contributed by atoms with Crippen molar-refractivity contribution in [2.75, 3.05) is 26.7 Å². The lowest BCUT2D eigenvalue weighted by atomic mass is 10.3.